The van der Waals surface area contributed by atoms with Gasteiger partial charge >= 0.3 is 0 Å². The lowest BCUT2D eigenvalue weighted by Gasteiger charge is -2.18. The van der Waals surface area contributed by atoms with E-state index in [0.717, 1.165) is 17.1 Å². The third-order valence-electron chi connectivity index (χ3n) is 2.81. The Morgan fingerprint density at radius 3 is 2.65 bits per heavy atom. The van der Waals surface area contributed by atoms with Crippen molar-refractivity contribution in [2.75, 3.05) is 19.1 Å². The topological polar surface area (TPSA) is 18.5 Å². The van der Waals surface area contributed by atoms with Crippen molar-refractivity contribution in [3.63, 3.8) is 0 Å². The van der Waals surface area contributed by atoms with Crippen LogP contribution in [-0.4, -0.2) is 19.1 Å². The molecule has 0 fully saturated rings. The van der Waals surface area contributed by atoms with Crippen LogP contribution in [0.3, 0.4) is 0 Å². The van der Waals surface area contributed by atoms with Crippen LogP contribution in [0.25, 0.3) is 6.08 Å². The van der Waals surface area contributed by atoms with Gasteiger partial charge in [0, 0.05) is 5.88 Å². The second-order valence-corrected chi connectivity index (χ2v) is 4.68. The zero-order chi connectivity index (χ0) is 12.3. The number of fused-ring (bicyclic) bond motifs is 1. The molecule has 0 N–H and O–H groups in total. The van der Waals surface area contributed by atoms with E-state index in [-0.39, 0.29) is 0 Å². The van der Waals surface area contributed by atoms with E-state index in [1.807, 2.05) is 18.2 Å². The number of hydrogen-bond donors (Lipinski definition) is 0. The average molecular weight is 253 g/mol. The quantitative estimate of drug-likeness (QED) is 0.763. The van der Waals surface area contributed by atoms with Crippen molar-refractivity contribution in [1.29, 1.82) is 0 Å². The van der Waals surface area contributed by atoms with Gasteiger partial charge in [0.2, 0.25) is 0 Å². The van der Waals surface area contributed by atoms with E-state index in [4.69, 9.17) is 21.1 Å². The fraction of sp³-hybridized carbons (Fsp3) is 0.429. The molecule has 0 unspecified atom stereocenters. The summed E-state index contributed by atoms with van der Waals surface area (Å²) >= 11 is 5.93. The lowest BCUT2D eigenvalue weighted by molar-refractivity contribution is 0.171. The molecule has 1 aliphatic heterocycles. The van der Waals surface area contributed by atoms with Crippen LogP contribution in [0.15, 0.2) is 23.8 Å². The van der Waals surface area contributed by atoms with Gasteiger partial charge in [-0.25, -0.2) is 0 Å². The molecule has 1 aliphatic rings. The summed E-state index contributed by atoms with van der Waals surface area (Å²) in [5.74, 6) is 2.67. The Bertz CT molecular complexity index is 424. The number of benzene rings is 1. The molecule has 0 saturated heterocycles. The molecule has 1 heterocycles. The normalized spacial score (nSPS) is 15.2. The predicted molar refractivity (Wildman–Crippen MR) is 71.0 cm³/mol. The minimum Gasteiger partial charge on any atom is -0.486 e. The zero-order valence-corrected chi connectivity index (χ0v) is 11.0. The highest BCUT2D eigenvalue weighted by atomic mass is 35.5. The van der Waals surface area contributed by atoms with E-state index in [9.17, 15) is 0 Å². The van der Waals surface area contributed by atoms with Gasteiger partial charge in [0.25, 0.3) is 0 Å². The maximum Gasteiger partial charge on any atom is 0.161 e. The molecule has 0 radical (unpaired) electrons. The molecule has 0 spiro atoms. The van der Waals surface area contributed by atoms with Gasteiger partial charge in [-0.3, -0.25) is 0 Å². The number of halogens is 1. The molecule has 0 atom stereocenters. The number of allylic oxidation sites excluding steroid dienone is 1. The summed E-state index contributed by atoms with van der Waals surface area (Å²) in [7, 11) is 0. The highest BCUT2D eigenvalue weighted by Gasteiger charge is 2.11. The molecule has 2 rings (SSSR count). The van der Waals surface area contributed by atoms with Gasteiger partial charge in [0.15, 0.2) is 11.5 Å². The van der Waals surface area contributed by atoms with Gasteiger partial charge in [-0.2, -0.15) is 0 Å². The van der Waals surface area contributed by atoms with Gasteiger partial charge in [0.05, 0.1) is 0 Å². The Morgan fingerprint density at radius 2 is 2.00 bits per heavy atom. The number of rotatable bonds is 3. The van der Waals surface area contributed by atoms with Gasteiger partial charge in [0.1, 0.15) is 13.2 Å². The van der Waals surface area contributed by atoms with Crippen molar-refractivity contribution in [1.82, 2.24) is 0 Å². The van der Waals surface area contributed by atoms with E-state index in [0.29, 0.717) is 25.0 Å². The molecule has 0 amide bonds. The van der Waals surface area contributed by atoms with Crippen LogP contribution in [0.1, 0.15) is 19.4 Å². The first-order valence-electron chi connectivity index (χ1n) is 5.87. The monoisotopic (exact) mass is 252 g/mol. The van der Waals surface area contributed by atoms with Crippen LogP contribution < -0.4 is 9.47 Å². The molecule has 0 saturated carbocycles. The summed E-state index contributed by atoms with van der Waals surface area (Å²) in [6.07, 6.45) is 2.12. The summed E-state index contributed by atoms with van der Waals surface area (Å²) in [6.45, 7) is 5.53. The van der Waals surface area contributed by atoms with Crippen LogP contribution in [0.5, 0.6) is 11.5 Å². The van der Waals surface area contributed by atoms with Crippen molar-refractivity contribution >= 4 is 17.7 Å². The van der Waals surface area contributed by atoms with E-state index in [1.54, 1.807) is 0 Å². The lowest BCUT2D eigenvalue weighted by atomic mass is 10.0. The second kappa shape index (κ2) is 5.46. The first-order valence-corrected chi connectivity index (χ1v) is 6.40. The Labute approximate surface area is 107 Å². The van der Waals surface area contributed by atoms with Gasteiger partial charge in [-0.05, 0) is 23.6 Å². The number of alkyl halides is 1. The smallest absolute Gasteiger partial charge is 0.161 e. The summed E-state index contributed by atoms with van der Waals surface area (Å²) in [4.78, 5) is 0. The molecule has 17 heavy (non-hydrogen) atoms. The maximum absolute atomic E-state index is 5.93. The Kier molecular flexibility index (Phi) is 3.95. The van der Waals surface area contributed by atoms with Crippen LogP contribution in [-0.2, 0) is 0 Å². The summed E-state index contributed by atoms with van der Waals surface area (Å²) in [5.41, 5.74) is 2.34. The first kappa shape index (κ1) is 12.3. The fourth-order valence-corrected chi connectivity index (χ4v) is 2.11. The summed E-state index contributed by atoms with van der Waals surface area (Å²) < 4.78 is 11.0. The third kappa shape index (κ3) is 2.95. The minimum absolute atomic E-state index is 0.459. The molecule has 0 bridgehead atoms. The van der Waals surface area contributed by atoms with E-state index in [1.165, 1.54) is 5.57 Å². The molecular weight excluding hydrogens is 236 g/mol. The fourth-order valence-electron chi connectivity index (χ4n) is 1.72. The van der Waals surface area contributed by atoms with E-state index in [2.05, 4.69) is 19.9 Å². The van der Waals surface area contributed by atoms with Crippen molar-refractivity contribution in [2.24, 2.45) is 5.92 Å². The predicted octanol–water partition coefficient (Wildman–Crippen LogP) is 3.74. The molecule has 1 aromatic carbocycles. The first-order chi connectivity index (χ1) is 8.20. The van der Waals surface area contributed by atoms with Crippen LogP contribution in [0.2, 0.25) is 0 Å². The number of hydrogen-bond acceptors (Lipinski definition) is 2. The Morgan fingerprint density at radius 1 is 1.29 bits per heavy atom. The highest BCUT2D eigenvalue weighted by molar-refractivity contribution is 6.19. The van der Waals surface area contributed by atoms with E-state index < -0.39 is 0 Å². The highest BCUT2D eigenvalue weighted by Crippen LogP contribution is 2.31. The standard InChI is InChI=1S/C14H17ClO2/c1-10(2)12(9-15)7-11-3-4-13-14(8-11)17-6-5-16-13/h3-4,7-8,10H,5-6,9H2,1-2H3. The Hall–Kier alpha value is -1.15. The third-order valence-corrected chi connectivity index (χ3v) is 3.12. The van der Waals surface area contributed by atoms with Crippen molar-refractivity contribution in [3.8, 4) is 11.5 Å². The zero-order valence-electron chi connectivity index (χ0n) is 10.2. The van der Waals surface area contributed by atoms with Crippen LogP contribution in [0.4, 0.5) is 0 Å². The maximum atomic E-state index is 5.93. The molecule has 2 nitrogen and oxygen atoms in total. The van der Waals surface area contributed by atoms with E-state index >= 15 is 0 Å². The average Bonchev–Trinajstić information content (AvgIpc) is 2.35. The minimum atomic E-state index is 0.459. The molecule has 1 aromatic rings. The van der Waals surface area contributed by atoms with Gasteiger partial charge in [-0.1, -0.05) is 31.6 Å². The van der Waals surface area contributed by atoms with Crippen LogP contribution in [0, 0.1) is 5.92 Å². The molecule has 3 heteroatoms. The largest absolute Gasteiger partial charge is 0.486 e. The van der Waals surface area contributed by atoms with Crippen LogP contribution >= 0.6 is 11.6 Å². The molecule has 0 aliphatic carbocycles. The van der Waals surface area contributed by atoms with Crippen molar-refractivity contribution < 1.29 is 9.47 Å². The second-order valence-electron chi connectivity index (χ2n) is 4.41. The SMILES string of the molecule is CC(C)C(=Cc1ccc2c(c1)OCCO2)CCl. The van der Waals surface area contributed by atoms with Crippen molar-refractivity contribution in [3.05, 3.63) is 29.3 Å². The summed E-state index contributed by atoms with van der Waals surface area (Å²) in [5, 5.41) is 0. The molecule has 0 aromatic heterocycles. The Balaban J connectivity index is 2.27. The molecular formula is C14H17ClO2. The summed E-state index contributed by atoms with van der Waals surface area (Å²) in [6, 6.07) is 5.98. The van der Waals surface area contributed by atoms with Gasteiger partial charge < -0.3 is 9.47 Å². The lowest BCUT2D eigenvalue weighted by Crippen LogP contribution is -2.15. The van der Waals surface area contributed by atoms with Crippen molar-refractivity contribution in [2.45, 2.75) is 13.8 Å². The van der Waals surface area contributed by atoms with Gasteiger partial charge in [-0.15, -0.1) is 11.6 Å². The number of ether oxygens (including phenoxy) is 2. The molecule has 92 valence electrons.